The van der Waals surface area contributed by atoms with Crippen molar-refractivity contribution >= 4 is 10.8 Å². The number of hydrogen-bond donors (Lipinski definition) is 1. The van der Waals surface area contributed by atoms with Crippen LogP contribution in [0, 0.1) is 5.92 Å². The van der Waals surface area contributed by atoms with Gasteiger partial charge in [0.15, 0.2) is 0 Å². The van der Waals surface area contributed by atoms with E-state index in [1.54, 1.807) is 0 Å². The lowest BCUT2D eigenvalue weighted by Crippen LogP contribution is -2.38. The van der Waals surface area contributed by atoms with Crippen LogP contribution in [-0.4, -0.2) is 28.3 Å². The van der Waals surface area contributed by atoms with Crippen molar-refractivity contribution in [3.63, 3.8) is 0 Å². The van der Waals surface area contributed by atoms with Crippen molar-refractivity contribution in [2.24, 2.45) is 5.92 Å². The average molecular weight is 279 g/mol. The van der Waals surface area contributed by atoms with Crippen molar-refractivity contribution in [3.05, 3.63) is 35.9 Å². The van der Waals surface area contributed by atoms with Gasteiger partial charge in [-0.05, 0) is 30.2 Å². The van der Waals surface area contributed by atoms with Gasteiger partial charge >= 0.3 is 0 Å². The summed E-state index contributed by atoms with van der Waals surface area (Å²) >= 11 is 0. The van der Waals surface area contributed by atoms with Gasteiger partial charge in [-0.3, -0.25) is 4.21 Å². The van der Waals surface area contributed by atoms with Crippen LogP contribution in [0.25, 0.3) is 0 Å². The van der Waals surface area contributed by atoms with E-state index in [0.717, 1.165) is 30.9 Å². The van der Waals surface area contributed by atoms with E-state index < -0.39 is 10.8 Å². The molecule has 0 spiro atoms. The van der Waals surface area contributed by atoms with Crippen LogP contribution >= 0.6 is 0 Å². The van der Waals surface area contributed by atoms with Crippen LogP contribution in [-0.2, 0) is 10.8 Å². The first-order chi connectivity index (χ1) is 9.16. The second-order valence-electron chi connectivity index (χ2n) is 5.79. The number of rotatable bonds is 5. The van der Waals surface area contributed by atoms with Crippen molar-refractivity contribution in [1.29, 1.82) is 0 Å². The maximum atomic E-state index is 11.4. The fraction of sp³-hybridized carbons (Fsp3) is 0.625. The van der Waals surface area contributed by atoms with Gasteiger partial charge in [0.2, 0.25) is 0 Å². The van der Waals surface area contributed by atoms with Gasteiger partial charge in [-0.1, -0.05) is 44.2 Å². The molecule has 1 saturated heterocycles. The second kappa shape index (κ2) is 7.20. The molecule has 0 saturated carbocycles. The molecule has 1 unspecified atom stereocenters. The summed E-state index contributed by atoms with van der Waals surface area (Å²) in [6, 6.07) is 11.3. The first kappa shape index (κ1) is 14.7. The first-order valence-corrected chi connectivity index (χ1v) is 8.79. The third kappa shape index (κ3) is 4.43. The lowest BCUT2D eigenvalue weighted by atomic mass is 9.88. The Labute approximate surface area is 119 Å². The quantitative estimate of drug-likeness (QED) is 0.898. The van der Waals surface area contributed by atoms with Gasteiger partial charge in [-0.25, -0.2) is 0 Å². The summed E-state index contributed by atoms with van der Waals surface area (Å²) in [5.74, 6) is 2.94. The van der Waals surface area contributed by atoms with Crippen LogP contribution in [0.1, 0.15) is 38.2 Å². The van der Waals surface area contributed by atoms with Crippen LogP contribution in [0.15, 0.2) is 30.3 Å². The van der Waals surface area contributed by atoms with Gasteiger partial charge < -0.3 is 5.32 Å². The minimum atomic E-state index is -0.560. The minimum absolute atomic E-state index is 0.558. The van der Waals surface area contributed by atoms with Crippen LogP contribution in [0.4, 0.5) is 0 Å². The van der Waals surface area contributed by atoms with Gasteiger partial charge in [-0.15, -0.1) is 0 Å². The number of nitrogens with one attached hydrogen (secondary N) is 1. The highest BCUT2D eigenvalue weighted by Crippen LogP contribution is 2.24. The minimum Gasteiger partial charge on any atom is -0.313 e. The average Bonchev–Trinajstić information content (AvgIpc) is 2.42. The molecule has 0 aliphatic carbocycles. The highest BCUT2D eigenvalue weighted by molar-refractivity contribution is 7.85. The van der Waals surface area contributed by atoms with E-state index in [1.165, 1.54) is 5.56 Å². The Balaban J connectivity index is 1.89. The standard InChI is InChI=1S/C16H25NOS/c1-13(2)16(14-6-4-3-5-7-14)12-17-15-8-10-19(18)11-9-15/h3-7,13,15-17H,8-12H2,1-2H3. The number of hydrogen-bond acceptors (Lipinski definition) is 2. The highest BCUT2D eigenvalue weighted by Gasteiger charge is 2.20. The smallest absolute Gasteiger partial charge is 0.0249 e. The summed E-state index contributed by atoms with van der Waals surface area (Å²) in [7, 11) is -0.560. The van der Waals surface area contributed by atoms with Gasteiger partial charge in [0.25, 0.3) is 0 Å². The summed E-state index contributed by atoms with van der Waals surface area (Å²) in [5, 5.41) is 3.69. The summed E-state index contributed by atoms with van der Waals surface area (Å²) < 4.78 is 11.4. The maximum absolute atomic E-state index is 11.4. The Morgan fingerprint density at radius 2 is 1.84 bits per heavy atom. The van der Waals surface area contributed by atoms with Crippen LogP contribution in [0.2, 0.25) is 0 Å². The van der Waals surface area contributed by atoms with Crippen LogP contribution in [0.5, 0.6) is 0 Å². The van der Waals surface area contributed by atoms with Gasteiger partial charge in [0.05, 0.1) is 0 Å². The van der Waals surface area contributed by atoms with E-state index in [9.17, 15) is 4.21 Å². The Bertz CT molecular complexity index is 394. The Kier molecular flexibility index (Phi) is 5.59. The van der Waals surface area contributed by atoms with Crippen molar-refractivity contribution in [2.45, 2.75) is 38.6 Å². The zero-order chi connectivity index (χ0) is 13.7. The molecule has 19 heavy (non-hydrogen) atoms. The number of benzene rings is 1. The topological polar surface area (TPSA) is 29.1 Å². The van der Waals surface area contributed by atoms with E-state index >= 15 is 0 Å². The van der Waals surface area contributed by atoms with E-state index in [1.807, 2.05) is 0 Å². The third-order valence-electron chi connectivity index (χ3n) is 4.05. The van der Waals surface area contributed by atoms with Crippen molar-refractivity contribution in [1.82, 2.24) is 5.32 Å². The first-order valence-electron chi connectivity index (χ1n) is 7.30. The predicted octanol–water partition coefficient (Wildman–Crippen LogP) is 2.93. The molecular weight excluding hydrogens is 254 g/mol. The molecule has 2 rings (SSSR count). The molecule has 1 fully saturated rings. The zero-order valence-electron chi connectivity index (χ0n) is 12.0. The summed E-state index contributed by atoms with van der Waals surface area (Å²) in [6.45, 7) is 5.60. The molecule has 1 aromatic rings. The fourth-order valence-corrected chi connectivity index (χ4v) is 4.03. The highest BCUT2D eigenvalue weighted by atomic mass is 32.2. The second-order valence-corrected chi connectivity index (χ2v) is 7.49. The molecule has 1 N–H and O–H groups in total. The summed E-state index contributed by atoms with van der Waals surface area (Å²) in [4.78, 5) is 0. The van der Waals surface area contributed by atoms with E-state index in [4.69, 9.17) is 0 Å². The molecule has 1 aliphatic rings. The Morgan fingerprint density at radius 1 is 1.21 bits per heavy atom. The summed E-state index contributed by atoms with van der Waals surface area (Å²) in [5.41, 5.74) is 1.42. The Morgan fingerprint density at radius 3 is 2.42 bits per heavy atom. The molecule has 0 aromatic heterocycles. The molecule has 106 valence electrons. The van der Waals surface area contributed by atoms with E-state index in [-0.39, 0.29) is 0 Å². The maximum Gasteiger partial charge on any atom is 0.0249 e. The normalized spacial score (nSPS) is 25.4. The van der Waals surface area contributed by atoms with E-state index in [0.29, 0.717) is 17.9 Å². The molecule has 1 heterocycles. The predicted molar refractivity (Wildman–Crippen MR) is 82.9 cm³/mol. The molecule has 0 radical (unpaired) electrons. The van der Waals surface area contributed by atoms with Crippen LogP contribution in [0.3, 0.4) is 0 Å². The molecule has 1 aliphatic heterocycles. The molecular formula is C16H25NOS. The van der Waals surface area contributed by atoms with Gasteiger partial charge in [0.1, 0.15) is 0 Å². The Hall–Kier alpha value is -0.670. The van der Waals surface area contributed by atoms with Crippen molar-refractivity contribution in [3.8, 4) is 0 Å². The monoisotopic (exact) mass is 279 g/mol. The molecule has 1 aromatic carbocycles. The van der Waals surface area contributed by atoms with Crippen molar-refractivity contribution in [2.75, 3.05) is 18.1 Å². The molecule has 0 bridgehead atoms. The fourth-order valence-electron chi connectivity index (χ4n) is 2.73. The van der Waals surface area contributed by atoms with Crippen molar-refractivity contribution < 1.29 is 4.21 Å². The lowest BCUT2D eigenvalue weighted by molar-refractivity contribution is 0.405. The zero-order valence-corrected chi connectivity index (χ0v) is 12.8. The van der Waals surface area contributed by atoms with E-state index in [2.05, 4.69) is 49.5 Å². The lowest BCUT2D eigenvalue weighted by Gasteiger charge is -2.27. The van der Waals surface area contributed by atoms with Crippen LogP contribution < -0.4 is 5.32 Å². The SMILES string of the molecule is CC(C)C(CNC1CCS(=O)CC1)c1ccccc1. The summed E-state index contributed by atoms with van der Waals surface area (Å²) in [6.07, 6.45) is 2.12. The largest absolute Gasteiger partial charge is 0.313 e. The van der Waals surface area contributed by atoms with Gasteiger partial charge in [-0.2, -0.15) is 0 Å². The third-order valence-corrected chi connectivity index (χ3v) is 5.43. The molecule has 0 amide bonds. The molecule has 3 heteroatoms. The molecule has 2 nitrogen and oxygen atoms in total. The van der Waals surface area contributed by atoms with Gasteiger partial charge in [0, 0.05) is 34.9 Å². The molecule has 1 atom stereocenters.